The first kappa shape index (κ1) is 18.3. The largest absolute Gasteiger partial charge is 0.323 e. The molecule has 29 heavy (non-hydrogen) atoms. The zero-order chi connectivity index (χ0) is 19.6. The lowest BCUT2D eigenvalue weighted by Gasteiger charge is -2.10. The summed E-state index contributed by atoms with van der Waals surface area (Å²) in [6.07, 6.45) is 2.31. The van der Waals surface area contributed by atoms with Gasteiger partial charge in [0.25, 0.3) is 0 Å². The van der Waals surface area contributed by atoms with Crippen molar-refractivity contribution in [3.63, 3.8) is 0 Å². The molecule has 0 aliphatic heterocycles. The minimum Gasteiger partial charge on any atom is -0.323 e. The van der Waals surface area contributed by atoms with Gasteiger partial charge >= 0.3 is 0 Å². The van der Waals surface area contributed by atoms with Crippen LogP contribution < -0.4 is 5.32 Å². The van der Waals surface area contributed by atoms with Gasteiger partial charge in [0, 0.05) is 5.92 Å². The first-order valence-electron chi connectivity index (χ1n) is 9.39. The first-order valence-corrected chi connectivity index (χ1v) is 11.1. The second-order valence-corrected chi connectivity index (χ2v) is 8.43. The highest BCUT2D eigenvalue weighted by atomic mass is 32.2. The molecule has 0 bridgehead atoms. The molecule has 0 unspecified atom stereocenters. The van der Waals surface area contributed by atoms with Gasteiger partial charge in [-0.3, -0.25) is 4.79 Å². The summed E-state index contributed by atoms with van der Waals surface area (Å²) in [6, 6.07) is 15.9. The predicted octanol–water partition coefficient (Wildman–Crippen LogP) is 3.94. The maximum atomic E-state index is 12.5. The van der Waals surface area contributed by atoms with Crippen LogP contribution in [0.2, 0.25) is 0 Å². The molecule has 146 valence electrons. The average molecular weight is 423 g/mol. The number of carbonyl (C=O) groups is 1. The van der Waals surface area contributed by atoms with Gasteiger partial charge in [-0.15, -0.1) is 10.2 Å². The van der Waals surface area contributed by atoms with Gasteiger partial charge in [-0.1, -0.05) is 48.2 Å². The maximum absolute atomic E-state index is 12.5. The Morgan fingerprint density at radius 2 is 1.97 bits per heavy atom. The van der Waals surface area contributed by atoms with Crippen molar-refractivity contribution in [1.82, 2.24) is 23.5 Å². The van der Waals surface area contributed by atoms with E-state index >= 15 is 0 Å². The molecular weight excluding hydrogens is 404 g/mol. The number of carbonyl (C=O) groups excluding carboxylic acids is 1. The predicted molar refractivity (Wildman–Crippen MR) is 114 cm³/mol. The van der Waals surface area contributed by atoms with Crippen molar-refractivity contribution in [2.75, 3.05) is 11.1 Å². The fraction of sp³-hybridized carbons (Fsp3) is 0.250. The summed E-state index contributed by atoms with van der Waals surface area (Å²) in [7, 11) is 0. The van der Waals surface area contributed by atoms with Crippen LogP contribution in [0.4, 0.5) is 5.69 Å². The quantitative estimate of drug-likeness (QED) is 0.454. The number of nitrogens with one attached hydrogen (secondary N) is 1. The molecule has 1 aliphatic carbocycles. The van der Waals surface area contributed by atoms with E-state index in [1.165, 1.54) is 17.3 Å². The summed E-state index contributed by atoms with van der Waals surface area (Å²) in [5, 5.41) is 12.5. The fourth-order valence-electron chi connectivity index (χ4n) is 3.19. The number of hydrogen-bond donors (Lipinski definition) is 1. The van der Waals surface area contributed by atoms with Crippen molar-refractivity contribution in [2.24, 2.45) is 0 Å². The van der Waals surface area contributed by atoms with E-state index in [4.69, 9.17) is 0 Å². The van der Waals surface area contributed by atoms with E-state index in [2.05, 4.69) is 41.0 Å². The molecule has 1 aliphatic rings. The molecule has 0 radical (unpaired) electrons. The number of aromatic nitrogens is 5. The molecule has 1 N–H and O–H groups in total. The summed E-state index contributed by atoms with van der Waals surface area (Å²) in [4.78, 5) is 12.5. The highest BCUT2D eigenvalue weighted by molar-refractivity contribution is 7.99. The summed E-state index contributed by atoms with van der Waals surface area (Å²) in [5.74, 6) is 1.67. The number of hydrogen-bond acceptors (Lipinski definition) is 7. The molecular formula is C20H18N6OS2. The van der Waals surface area contributed by atoms with E-state index in [1.54, 1.807) is 0 Å². The molecule has 2 heterocycles. The normalized spacial score (nSPS) is 13.7. The number of thioether (sulfide) groups is 1. The van der Waals surface area contributed by atoms with Gasteiger partial charge in [0.2, 0.25) is 5.91 Å². The van der Waals surface area contributed by atoms with Crippen molar-refractivity contribution < 1.29 is 4.79 Å². The molecule has 5 rings (SSSR count). The molecule has 0 saturated heterocycles. The second-order valence-electron chi connectivity index (χ2n) is 6.96. The van der Waals surface area contributed by atoms with Crippen LogP contribution in [0.1, 0.15) is 30.1 Å². The Morgan fingerprint density at radius 1 is 1.10 bits per heavy atom. The van der Waals surface area contributed by atoms with Crippen LogP contribution in [0.5, 0.6) is 0 Å². The Kier molecular flexibility index (Phi) is 4.99. The van der Waals surface area contributed by atoms with Crippen molar-refractivity contribution in [2.45, 2.75) is 30.5 Å². The van der Waals surface area contributed by atoms with Crippen LogP contribution >= 0.6 is 23.5 Å². The van der Waals surface area contributed by atoms with Gasteiger partial charge in [0.05, 0.1) is 29.7 Å². The van der Waals surface area contributed by atoms with Crippen LogP contribution in [-0.2, 0) is 11.3 Å². The lowest BCUT2D eigenvalue weighted by Crippen LogP contribution is -2.15. The lowest BCUT2D eigenvalue weighted by molar-refractivity contribution is -0.113. The number of nitrogens with zero attached hydrogens (tertiary/aromatic N) is 5. The monoisotopic (exact) mass is 422 g/mol. The second kappa shape index (κ2) is 7.92. The molecule has 7 nitrogen and oxygen atoms in total. The molecule has 4 aromatic rings. The minimum absolute atomic E-state index is 0.0993. The lowest BCUT2D eigenvalue weighted by atomic mass is 10.2. The zero-order valence-corrected chi connectivity index (χ0v) is 17.1. The Balaban J connectivity index is 1.30. The van der Waals surface area contributed by atoms with E-state index in [-0.39, 0.29) is 11.7 Å². The highest BCUT2D eigenvalue weighted by Crippen LogP contribution is 2.40. The van der Waals surface area contributed by atoms with Crippen molar-refractivity contribution in [1.29, 1.82) is 0 Å². The van der Waals surface area contributed by atoms with Gasteiger partial charge in [-0.05, 0) is 30.5 Å². The van der Waals surface area contributed by atoms with Crippen LogP contribution in [0.15, 0.2) is 53.7 Å². The smallest absolute Gasteiger partial charge is 0.234 e. The van der Waals surface area contributed by atoms with Gasteiger partial charge in [-0.2, -0.15) is 8.75 Å². The number of fused-ring (bicyclic) bond motifs is 1. The molecule has 0 spiro atoms. The summed E-state index contributed by atoms with van der Waals surface area (Å²) in [5.41, 5.74) is 3.39. The number of amides is 1. The minimum atomic E-state index is -0.0993. The van der Waals surface area contributed by atoms with E-state index in [9.17, 15) is 4.79 Å². The third-order valence-electron chi connectivity index (χ3n) is 4.76. The third-order valence-corrected chi connectivity index (χ3v) is 6.27. The summed E-state index contributed by atoms with van der Waals surface area (Å²) in [6.45, 7) is 0.716. The Bertz CT molecular complexity index is 1150. The average Bonchev–Trinajstić information content (AvgIpc) is 3.32. The third kappa shape index (κ3) is 4.01. The molecule has 9 heteroatoms. The molecule has 1 amide bonds. The molecule has 1 fully saturated rings. The van der Waals surface area contributed by atoms with Crippen molar-refractivity contribution in [3.8, 4) is 0 Å². The fourth-order valence-corrected chi connectivity index (χ4v) is 4.48. The van der Waals surface area contributed by atoms with Crippen LogP contribution in [0.3, 0.4) is 0 Å². The molecule has 2 aromatic carbocycles. The van der Waals surface area contributed by atoms with Crippen molar-refractivity contribution in [3.05, 3.63) is 59.9 Å². The van der Waals surface area contributed by atoms with Gasteiger partial charge < -0.3 is 9.88 Å². The summed E-state index contributed by atoms with van der Waals surface area (Å²) >= 11 is 2.55. The van der Waals surface area contributed by atoms with Crippen molar-refractivity contribution >= 4 is 46.1 Å². The van der Waals surface area contributed by atoms with Gasteiger partial charge in [0.15, 0.2) is 5.16 Å². The molecule has 0 atom stereocenters. The molecule has 1 saturated carbocycles. The van der Waals surface area contributed by atoms with Crippen LogP contribution in [0.25, 0.3) is 11.0 Å². The van der Waals surface area contributed by atoms with E-state index in [0.717, 1.165) is 46.6 Å². The maximum Gasteiger partial charge on any atom is 0.234 e. The Labute approximate surface area is 175 Å². The van der Waals surface area contributed by atoms with E-state index in [0.29, 0.717) is 18.2 Å². The molecule has 2 aromatic heterocycles. The number of benzene rings is 2. The van der Waals surface area contributed by atoms with E-state index in [1.807, 2.05) is 36.4 Å². The SMILES string of the molecule is O=C(CSc1nnc(C2CC2)n1Cc1ccccc1)Nc1cccc2nsnc12. The number of rotatable bonds is 7. The number of anilines is 1. The zero-order valence-electron chi connectivity index (χ0n) is 15.5. The Morgan fingerprint density at radius 3 is 2.79 bits per heavy atom. The first-order chi connectivity index (χ1) is 14.3. The van der Waals surface area contributed by atoms with Gasteiger partial charge in [0.1, 0.15) is 16.9 Å². The van der Waals surface area contributed by atoms with Crippen LogP contribution in [-0.4, -0.2) is 35.2 Å². The van der Waals surface area contributed by atoms with E-state index < -0.39 is 0 Å². The summed E-state index contributed by atoms with van der Waals surface area (Å²) < 4.78 is 10.6. The van der Waals surface area contributed by atoms with Crippen LogP contribution in [0, 0.1) is 0 Å². The van der Waals surface area contributed by atoms with Gasteiger partial charge in [-0.25, -0.2) is 0 Å². The Hall–Kier alpha value is -2.78. The topological polar surface area (TPSA) is 85.6 Å². The highest BCUT2D eigenvalue weighted by Gasteiger charge is 2.30. The standard InChI is InChI=1S/C20H18N6OS2/c27-17(21-15-7-4-8-16-18(15)25-29-24-16)12-28-20-23-22-19(14-9-10-14)26(20)11-13-5-2-1-3-6-13/h1-8,14H,9-12H2,(H,21,27).